The summed E-state index contributed by atoms with van der Waals surface area (Å²) in [6.45, 7) is 10.9. The molecule has 0 aliphatic carbocycles. The van der Waals surface area contributed by atoms with Gasteiger partial charge in [0.1, 0.15) is 17.9 Å². The molecule has 1 atom stereocenters. The lowest BCUT2D eigenvalue weighted by molar-refractivity contribution is -0.138. The highest BCUT2D eigenvalue weighted by molar-refractivity contribution is 5.91. The van der Waals surface area contributed by atoms with Gasteiger partial charge in [-0.25, -0.2) is 4.98 Å². The van der Waals surface area contributed by atoms with E-state index < -0.39 is 5.97 Å². The summed E-state index contributed by atoms with van der Waals surface area (Å²) in [6, 6.07) is 16.8. The maximum absolute atomic E-state index is 11.4. The van der Waals surface area contributed by atoms with E-state index in [2.05, 4.69) is 70.3 Å². The molecule has 2 aromatic carbocycles. The molecule has 6 rings (SSSR count). The molecule has 2 saturated heterocycles. The van der Waals surface area contributed by atoms with Gasteiger partial charge in [0, 0.05) is 55.7 Å². The standard InChI is InChI=1S/C36H43N5O4/c1-25-30(31-9-6-11-33(26(31)2)45-20-17-40-15-18-44-19-16-40)8-5-10-32(25)39-36-35-28(12-13-37-36)21-27(23-38-35)24-41-14-4-3-7-29(41)22-34(42)43/h5-6,8-13,21,23,29H,3-4,7,14-20,22,24H2,1-2H3,(H,37,39)(H,42,43). The highest BCUT2D eigenvalue weighted by Gasteiger charge is 2.25. The molecule has 2 aromatic heterocycles. The second-order valence-corrected chi connectivity index (χ2v) is 12.1. The van der Waals surface area contributed by atoms with Gasteiger partial charge in [-0.3, -0.25) is 19.6 Å². The van der Waals surface area contributed by atoms with E-state index in [1.165, 1.54) is 0 Å². The zero-order chi connectivity index (χ0) is 31.2. The Morgan fingerprint density at radius 2 is 1.82 bits per heavy atom. The molecule has 2 N–H and O–H groups in total. The number of fused-ring (bicyclic) bond motifs is 1. The van der Waals surface area contributed by atoms with Crippen LogP contribution in [0.2, 0.25) is 0 Å². The Kier molecular flexibility index (Phi) is 9.88. The number of carboxylic acid groups (broad SMARTS) is 1. The SMILES string of the molecule is Cc1c(Nc2nccc3cc(CN4CCCCC4CC(=O)O)cnc23)cccc1-c1cccc(OCCN2CCOCC2)c1C. The zero-order valence-corrected chi connectivity index (χ0v) is 26.3. The van der Waals surface area contributed by atoms with Crippen molar-refractivity contribution in [2.24, 2.45) is 0 Å². The van der Waals surface area contributed by atoms with Crippen LogP contribution in [-0.2, 0) is 16.1 Å². The second kappa shape index (κ2) is 14.4. The molecule has 9 heteroatoms. The van der Waals surface area contributed by atoms with Crippen LogP contribution in [0.5, 0.6) is 5.75 Å². The molecule has 2 aliphatic rings. The van der Waals surface area contributed by atoms with Crippen molar-refractivity contribution in [3.8, 4) is 16.9 Å². The molecule has 236 valence electrons. The Morgan fingerprint density at radius 3 is 2.64 bits per heavy atom. The number of aliphatic carboxylic acids is 1. The number of pyridine rings is 2. The minimum Gasteiger partial charge on any atom is -0.492 e. The predicted molar refractivity (Wildman–Crippen MR) is 177 cm³/mol. The molecule has 9 nitrogen and oxygen atoms in total. The lowest BCUT2D eigenvalue weighted by atomic mass is 9.95. The maximum Gasteiger partial charge on any atom is 0.304 e. The molecule has 0 amide bonds. The Balaban J connectivity index is 1.18. The lowest BCUT2D eigenvalue weighted by Crippen LogP contribution is -2.40. The number of nitrogens with one attached hydrogen (secondary N) is 1. The van der Waals surface area contributed by atoms with Crippen molar-refractivity contribution < 1.29 is 19.4 Å². The lowest BCUT2D eigenvalue weighted by Gasteiger charge is -2.34. The summed E-state index contributed by atoms with van der Waals surface area (Å²) in [5.74, 6) is 0.881. The number of rotatable bonds is 11. The fourth-order valence-corrected chi connectivity index (χ4v) is 6.58. The summed E-state index contributed by atoms with van der Waals surface area (Å²) in [5.41, 5.74) is 7.39. The smallest absolute Gasteiger partial charge is 0.304 e. The van der Waals surface area contributed by atoms with Crippen molar-refractivity contribution in [3.63, 3.8) is 0 Å². The molecule has 45 heavy (non-hydrogen) atoms. The van der Waals surface area contributed by atoms with Gasteiger partial charge in [0.05, 0.1) is 19.6 Å². The van der Waals surface area contributed by atoms with E-state index in [1.807, 2.05) is 24.5 Å². The molecule has 0 radical (unpaired) electrons. The number of piperidine rings is 1. The van der Waals surface area contributed by atoms with Crippen LogP contribution in [0.15, 0.2) is 60.9 Å². The van der Waals surface area contributed by atoms with Crippen LogP contribution in [0.1, 0.15) is 42.4 Å². The van der Waals surface area contributed by atoms with Crippen LogP contribution in [0, 0.1) is 13.8 Å². The van der Waals surface area contributed by atoms with Crippen molar-refractivity contribution in [1.82, 2.24) is 19.8 Å². The number of carboxylic acids is 1. The number of benzene rings is 2. The van der Waals surface area contributed by atoms with Gasteiger partial charge in [-0.2, -0.15) is 0 Å². The topological polar surface area (TPSA) is 100 Å². The van der Waals surface area contributed by atoms with E-state index in [1.54, 1.807) is 0 Å². The first kappa shape index (κ1) is 31.0. The molecule has 4 aromatic rings. The van der Waals surface area contributed by atoms with Gasteiger partial charge in [0.2, 0.25) is 0 Å². The third-order valence-corrected chi connectivity index (χ3v) is 9.13. The molecular formula is C36H43N5O4. The van der Waals surface area contributed by atoms with E-state index in [9.17, 15) is 9.90 Å². The summed E-state index contributed by atoms with van der Waals surface area (Å²) in [7, 11) is 0. The number of nitrogens with zero attached hydrogens (tertiary/aromatic N) is 4. The van der Waals surface area contributed by atoms with Crippen molar-refractivity contribution in [1.29, 1.82) is 0 Å². The van der Waals surface area contributed by atoms with Gasteiger partial charge in [-0.1, -0.05) is 30.7 Å². The van der Waals surface area contributed by atoms with Crippen molar-refractivity contribution in [3.05, 3.63) is 77.6 Å². The molecular weight excluding hydrogens is 566 g/mol. The van der Waals surface area contributed by atoms with Crippen molar-refractivity contribution in [2.75, 3.05) is 51.3 Å². The van der Waals surface area contributed by atoms with E-state index in [0.717, 1.165) is 109 Å². The predicted octanol–water partition coefficient (Wildman–Crippen LogP) is 6.20. The summed E-state index contributed by atoms with van der Waals surface area (Å²) in [6.07, 6.45) is 7.00. The normalized spacial score (nSPS) is 17.8. The number of hydrogen-bond donors (Lipinski definition) is 2. The van der Waals surface area contributed by atoms with Crippen LogP contribution in [0.4, 0.5) is 11.5 Å². The van der Waals surface area contributed by atoms with E-state index in [0.29, 0.717) is 19.0 Å². The van der Waals surface area contributed by atoms with Crippen molar-refractivity contribution >= 4 is 28.4 Å². The van der Waals surface area contributed by atoms with Gasteiger partial charge in [-0.15, -0.1) is 0 Å². The number of carbonyl (C=O) groups is 1. The number of aromatic nitrogens is 2. The molecule has 0 spiro atoms. The van der Waals surface area contributed by atoms with Crippen LogP contribution in [0.3, 0.4) is 0 Å². The van der Waals surface area contributed by atoms with E-state index in [4.69, 9.17) is 14.5 Å². The van der Waals surface area contributed by atoms with E-state index in [-0.39, 0.29) is 12.5 Å². The Morgan fingerprint density at radius 1 is 1.02 bits per heavy atom. The minimum absolute atomic E-state index is 0.0721. The Bertz CT molecular complexity index is 1640. The largest absolute Gasteiger partial charge is 0.492 e. The van der Waals surface area contributed by atoms with E-state index >= 15 is 0 Å². The third-order valence-electron chi connectivity index (χ3n) is 9.13. The average molecular weight is 610 g/mol. The third kappa shape index (κ3) is 7.44. The molecule has 2 fully saturated rings. The molecule has 4 heterocycles. The van der Waals surface area contributed by atoms with Crippen molar-refractivity contribution in [2.45, 2.75) is 52.1 Å². The summed E-state index contributed by atoms with van der Waals surface area (Å²) < 4.78 is 11.7. The van der Waals surface area contributed by atoms with Crippen LogP contribution in [0.25, 0.3) is 22.0 Å². The zero-order valence-electron chi connectivity index (χ0n) is 26.3. The highest BCUT2D eigenvalue weighted by atomic mass is 16.5. The highest BCUT2D eigenvalue weighted by Crippen LogP contribution is 2.36. The fourth-order valence-electron chi connectivity index (χ4n) is 6.58. The Labute approximate surface area is 265 Å². The average Bonchev–Trinajstić information content (AvgIpc) is 3.04. The first-order valence-corrected chi connectivity index (χ1v) is 16.1. The molecule has 1 unspecified atom stereocenters. The first-order valence-electron chi connectivity index (χ1n) is 16.1. The fraction of sp³-hybridized carbons (Fsp3) is 0.417. The number of anilines is 2. The number of hydrogen-bond acceptors (Lipinski definition) is 8. The monoisotopic (exact) mass is 609 g/mol. The van der Waals surface area contributed by atoms with Crippen LogP contribution in [-0.4, -0.2) is 82.9 Å². The number of ether oxygens (including phenoxy) is 2. The quantitative estimate of drug-likeness (QED) is 0.206. The first-order chi connectivity index (χ1) is 22.0. The van der Waals surface area contributed by atoms with Gasteiger partial charge < -0.3 is 19.9 Å². The van der Waals surface area contributed by atoms with Gasteiger partial charge in [-0.05, 0) is 85.3 Å². The molecule has 2 aliphatic heterocycles. The second-order valence-electron chi connectivity index (χ2n) is 12.1. The van der Waals surface area contributed by atoms with Gasteiger partial charge >= 0.3 is 5.97 Å². The van der Waals surface area contributed by atoms with Gasteiger partial charge in [0.25, 0.3) is 0 Å². The molecule has 0 bridgehead atoms. The van der Waals surface area contributed by atoms with Gasteiger partial charge in [0.15, 0.2) is 5.82 Å². The summed E-state index contributed by atoms with van der Waals surface area (Å²) >= 11 is 0. The number of likely N-dealkylation sites (tertiary alicyclic amines) is 1. The molecule has 0 saturated carbocycles. The number of morpholine rings is 1. The summed E-state index contributed by atoms with van der Waals surface area (Å²) in [5, 5.41) is 13.9. The summed E-state index contributed by atoms with van der Waals surface area (Å²) in [4.78, 5) is 25.6. The Hall–Kier alpha value is -4.05. The van der Waals surface area contributed by atoms with Crippen LogP contribution < -0.4 is 10.1 Å². The van der Waals surface area contributed by atoms with Crippen LogP contribution >= 0.6 is 0 Å². The maximum atomic E-state index is 11.4. The minimum atomic E-state index is -0.736.